The largest absolute Gasteiger partial charge is 0.418 e. The van der Waals surface area contributed by atoms with Crippen LogP contribution in [0.1, 0.15) is 45.0 Å². The number of nitrogens with zero attached hydrogens (tertiary/aromatic N) is 4. The third-order valence-corrected chi connectivity index (χ3v) is 6.60. The smallest absolute Gasteiger partial charge is 0.372 e. The molecule has 1 amide bonds. The number of ether oxygens (including phenoxy) is 1. The Balaban J connectivity index is 1.39. The van der Waals surface area contributed by atoms with Crippen molar-refractivity contribution in [1.29, 1.82) is 0 Å². The van der Waals surface area contributed by atoms with E-state index in [0.29, 0.717) is 27.6 Å². The SMILES string of the molecule is CNc1ncnc(C2OC2NC(C)c2ncc(C(=O)Nc3cc(C(F)(F)F)c(Cl)cn3)s2)c1Cl. The van der Waals surface area contributed by atoms with Gasteiger partial charge in [-0.25, -0.2) is 19.9 Å². The highest BCUT2D eigenvalue weighted by Crippen LogP contribution is 2.42. The van der Waals surface area contributed by atoms with Gasteiger partial charge < -0.3 is 15.4 Å². The Hall–Kier alpha value is -2.58. The van der Waals surface area contributed by atoms with Crippen molar-refractivity contribution < 1.29 is 22.7 Å². The fraction of sp³-hybridized carbons (Fsp3) is 0.316. The number of thiazole rings is 1. The molecule has 3 aromatic rings. The van der Waals surface area contributed by atoms with E-state index in [9.17, 15) is 18.0 Å². The van der Waals surface area contributed by atoms with Crippen LogP contribution < -0.4 is 16.0 Å². The molecule has 9 nitrogen and oxygen atoms in total. The number of carbonyl (C=O) groups excluding carboxylic acids is 1. The standard InChI is InChI=1S/C19H16Cl2F3N7O2S/c1-7(30-17-14(33-17)13-12(21)15(25-2)29-6-28-13)18-27-5-10(34-18)16(32)31-11-3-8(19(22,23)24)9(20)4-26-11/h3-7,14,17,30H,1-2H3,(H,25,28,29)(H,26,31,32). The predicted molar refractivity (Wildman–Crippen MR) is 120 cm³/mol. The summed E-state index contributed by atoms with van der Waals surface area (Å²) in [5.41, 5.74) is -0.550. The van der Waals surface area contributed by atoms with Crippen molar-refractivity contribution in [2.24, 2.45) is 0 Å². The number of amides is 1. The van der Waals surface area contributed by atoms with Crippen LogP contribution in [0.2, 0.25) is 10.0 Å². The molecule has 0 bridgehead atoms. The summed E-state index contributed by atoms with van der Waals surface area (Å²) in [4.78, 5) is 28.8. The predicted octanol–water partition coefficient (Wildman–Crippen LogP) is 4.70. The lowest BCUT2D eigenvalue weighted by molar-refractivity contribution is -0.137. The zero-order valence-electron chi connectivity index (χ0n) is 17.4. The fourth-order valence-corrected chi connectivity index (χ4v) is 4.35. The van der Waals surface area contributed by atoms with Crippen LogP contribution in [0.25, 0.3) is 0 Å². The zero-order chi connectivity index (χ0) is 24.6. The fourth-order valence-electron chi connectivity index (χ4n) is 3.02. The molecule has 3 atom stereocenters. The summed E-state index contributed by atoms with van der Waals surface area (Å²) in [6, 6.07) is 0.380. The third kappa shape index (κ3) is 5.23. The lowest BCUT2D eigenvalue weighted by Gasteiger charge is -2.10. The number of anilines is 2. The number of hydrogen-bond donors (Lipinski definition) is 3. The Bertz CT molecular complexity index is 1230. The molecule has 1 aliphatic heterocycles. The van der Waals surface area contributed by atoms with E-state index in [2.05, 4.69) is 35.9 Å². The minimum absolute atomic E-state index is 0.194. The maximum Gasteiger partial charge on any atom is 0.418 e. The molecule has 0 radical (unpaired) electrons. The van der Waals surface area contributed by atoms with Crippen molar-refractivity contribution in [2.45, 2.75) is 31.5 Å². The molecular weight excluding hydrogens is 518 g/mol. The highest BCUT2D eigenvalue weighted by Gasteiger charge is 2.44. The lowest BCUT2D eigenvalue weighted by atomic mass is 10.2. The first-order chi connectivity index (χ1) is 16.1. The number of aromatic nitrogens is 4. The Labute approximate surface area is 205 Å². The van der Waals surface area contributed by atoms with Gasteiger partial charge in [0.05, 0.1) is 28.5 Å². The van der Waals surface area contributed by atoms with E-state index >= 15 is 0 Å². The molecule has 0 aliphatic carbocycles. The molecule has 34 heavy (non-hydrogen) atoms. The minimum atomic E-state index is -4.67. The number of alkyl halides is 3. The Morgan fingerprint density at radius 3 is 2.68 bits per heavy atom. The Kier molecular flexibility index (Phi) is 6.92. The maximum atomic E-state index is 13.0. The number of nitrogens with one attached hydrogen (secondary N) is 3. The van der Waals surface area contributed by atoms with E-state index in [0.717, 1.165) is 17.5 Å². The molecule has 1 fully saturated rings. The van der Waals surface area contributed by atoms with Crippen LogP contribution in [-0.2, 0) is 10.9 Å². The van der Waals surface area contributed by atoms with E-state index in [4.69, 9.17) is 27.9 Å². The first-order valence-corrected chi connectivity index (χ1v) is 11.2. The Morgan fingerprint density at radius 1 is 1.21 bits per heavy atom. The van der Waals surface area contributed by atoms with Gasteiger partial charge in [-0.15, -0.1) is 11.3 Å². The number of carbonyl (C=O) groups is 1. The average molecular weight is 534 g/mol. The van der Waals surface area contributed by atoms with Gasteiger partial charge in [0.1, 0.15) is 45.2 Å². The molecule has 0 spiro atoms. The van der Waals surface area contributed by atoms with Gasteiger partial charge in [-0.2, -0.15) is 13.2 Å². The molecule has 1 aliphatic rings. The number of pyridine rings is 1. The van der Waals surface area contributed by atoms with E-state index < -0.39 is 22.7 Å². The van der Waals surface area contributed by atoms with Crippen LogP contribution in [0, 0.1) is 0 Å². The lowest BCUT2D eigenvalue weighted by Crippen LogP contribution is -2.22. The highest BCUT2D eigenvalue weighted by molar-refractivity contribution is 7.13. The summed E-state index contributed by atoms with van der Waals surface area (Å²) in [5, 5.41) is 8.80. The molecule has 3 N–H and O–H groups in total. The van der Waals surface area contributed by atoms with E-state index in [1.807, 2.05) is 6.92 Å². The van der Waals surface area contributed by atoms with Gasteiger partial charge in [0.25, 0.3) is 5.91 Å². The van der Waals surface area contributed by atoms with Gasteiger partial charge in [-0.05, 0) is 13.0 Å². The second kappa shape index (κ2) is 9.58. The Morgan fingerprint density at radius 2 is 1.97 bits per heavy atom. The molecule has 15 heteroatoms. The van der Waals surface area contributed by atoms with Crippen molar-refractivity contribution in [3.8, 4) is 0 Å². The third-order valence-electron chi connectivity index (χ3n) is 4.75. The number of epoxide rings is 1. The number of rotatable bonds is 7. The van der Waals surface area contributed by atoms with Crippen LogP contribution in [0.15, 0.2) is 24.8 Å². The van der Waals surface area contributed by atoms with Gasteiger partial charge in [0.2, 0.25) is 0 Å². The van der Waals surface area contributed by atoms with Crippen LogP contribution in [0.4, 0.5) is 24.8 Å². The number of hydrogen-bond acceptors (Lipinski definition) is 9. The van der Waals surface area contributed by atoms with E-state index in [-0.39, 0.29) is 29.1 Å². The highest BCUT2D eigenvalue weighted by atomic mass is 35.5. The van der Waals surface area contributed by atoms with Crippen LogP contribution in [0.3, 0.4) is 0 Å². The van der Waals surface area contributed by atoms with Crippen molar-refractivity contribution in [3.63, 3.8) is 0 Å². The summed E-state index contributed by atoms with van der Waals surface area (Å²) in [5.74, 6) is -0.436. The van der Waals surface area contributed by atoms with Crippen molar-refractivity contribution in [1.82, 2.24) is 25.3 Å². The van der Waals surface area contributed by atoms with Crippen LogP contribution >= 0.6 is 34.5 Å². The van der Waals surface area contributed by atoms with E-state index in [1.165, 1.54) is 12.5 Å². The first kappa shape index (κ1) is 24.5. The van der Waals surface area contributed by atoms with Crippen LogP contribution in [0.5, 0.6) is 0 Å². The quantitative estimate of drug-likeness (QED) is 0.374. The molecule has 180 valence electrons. The molecular formula is C19H16Cl2F3N7O2S. The van der Waals surface area contributed by atoms with Crippen LogP contribution in [-0.4, -0.2) is 39.1 Å². The van der Waals surface area contributed by atoms with Gasteiger partial charge in [-0.1, -0.05) is 23.2 Å². The van der Waals surface area contributed by atoms with Crippen molar-refractivity contribution in [3.05, 3.63) is 56.0 Å². The molecule has 4 rings (SSSR count). The van der Waals surface area contributed by atoms with E-state index in [1.54, 1.807) is 7.05 Å². The summed E-state index contributed by atoms with van der Waals surface area (Å²) in [7, 11) is 1.69. The second-order valence-electron chi connectivity index (χ2n) is 7.10. The first-order valence-electron chi connectivity index (χ1n) is 9.68. The van der Waals surface area contributed by atoms with Crippen molar-refractivity contribution >= 4 is 52.1 Å². The summed E-state index contributed by atoms with van der Waals surface area (Å²) < 4.78 is 44.7. The van der Waals surface area contributed by atoms with Gasteiger partial charge in [0, 0.05) is 13.2 Å². The molecule has 0 saturated carbocycles. The van der Waals surface area contributed by atoms with Gasteiger partial charge in [0.15, 0.2) is 0 Å². The average Bonchev–Trinajstić information content (AvgIpc) is 3.34. The normalized spacial score (nSPS) is 18.4. The van der Waals surface area contributed by atoms with Crippen molar-refractivity contribution in [2.75, 3.05) is 17.7 Å². The van der Waals surface area contributed by atoms with Gasteiger partial charge >= 0.3 is 6.18 Å². The summed E-state index contributed by atoms with van der Waals surface area (Å²) in [6.45, 7) is 1.83. The van der Waals surface area contributed by atoms with Gasteiger partial charge in [-0.3, -0.25) is 10.1 Å². The zero-order valence-corrected chi connectivity index (χ0v) is 19.8. The summed E-state index contributed by atoms with van der Waals surface area (Å²) >= 11 is 12.9. The molecule has 1 saturated heterocycles. The molecule has 4 heterocycles. The molecule has 3 aromatic heterocycles. The summed E-state index contributed by atoms with van der Waals surface area (Å²) in [6.07, 6.45) is -1.86. The second-order valence-corrected chi connectivity index (χ2v) is 8.95. The maximum absolute atomic E-state index is 13.0. The monoisotopic (exact) mass is 533 g/mol. The minimum Gasteiger partial charge on any atom is -0.372 e. The number of halogens is 5. The topological polar surface area (TPSA) is 117 Å². The molecule has 0 aromatic carbocycles. The molecule has 3 unspecified atom stereocenters.